The average molecular weight is 289 g/mol. The van der Waals surface area contributed by atoms with Crippen LogP contribution in [-0.2, 0) is 4.79 Å². The topological polar surface area (TPSA) is 53.6 Å². The maximum absolute atomic E-state index is 11.9. The summed E-state index contributed by atoms with van der Waals surface area (Å²) in [6, 6.07) is 5.68. The van der Waals surface area contributed by atoms with Crippen molar-refractivity contribution in [1.82, 2.24) is 10.2 Å². The molecule has 0 aromatic heterocycles. The molecule has 2 heterocycles. The van der Waals surface area contributed by atoms with E-state index in [0.29, 0.717) is 0 Å². The Hall–Kier alpha value is -1.59. The van der Waals surface area contributed by atoms with E-state index in [1.165, 1.54) is 0 Å². The fourth-order valence-corrected chi connectivity index (χ4v) is 3.02. The lowest BCUT2D eigenvalue weighted by molar-refractivity contribution is -0.117. The second kappa shape index (κ2) is 6.03. The molecule has 2 aliphatic heterocycles. The molecular weight excluding hydrogens is 266 g/mol. The number of benzene rings is 1. The fraction of sp³-hybridized carbons (Fsp3) is 0.562. The predicted octanol–water partition coefficient (Wildman–Crippen LogP) is 1.76. The highest BCUT2D eigenvalue weighted by Gasteiger charge is 2.30. The van der Waals surface area contributed by atoms with Crippen molar-refractivity contribution in [3.8, 4) is 5.75 Å². The summed E-state index contributed by atoms with van der Waals surface area (Å²) in [6.45, 7) is 4.93. The van der Waals surface area contributed by atoms with Crippen LogP contribution in [0.25, 0.3) is 0 Å². The minimum absolute atomic E-state index is 0.0169. The number of ether oxygens (including phenoxy) is 1. The van der Waals surface area contributed by atoms with Gasteiger partial charge in [-0.15, -0.1) is 0 Å². The number of likely N-dealkylation sites (tertiary alicyclic amines) is 1. The van der Waals surface area contributed by atoms with Crippen molar-refractivity contribution in [2.45, 2.75) is 31.9 Å². The first-order chi connectivity index (χ1) is 10.2. The number of piperidine rings is 1. The largest absolute Gasteiger partial charge is 0.490 e. The van der Waals surface area contributed by atoms with E-state index in [1.54, 1.807) is 0 Å². The molecule has 5 nitrogen and oxygen atoms in total. The molecule has 5 heteroatoms. The van der Waals surface area contributed by atoms with Gasteiger partial charge in [-0.2, -0.15) is 0 Å². The number of nitrogens with one attached hydrogen (secondary N) is 2. The number of carbonyl (C=O) groups is 1. The van der Waals surface area contributed by atoms with Gasteiger partial charge in [0.1, 0.15) is 17.9 Å². The number of hydrogen-bond donors (Lipinski definition) is 2. The van der Waals surface area contributed by atoms with Gasteiger partial charge in [-0.05, 0) is 32.5 Å². The van der Waals surface area contributed by atoms with Gasteiger partial charge in [0.05, 0.1) is 0 Å². The lowest BCUT2D eigenvalue weighted by Crippen LogP contribution is -2.35. The summed E-state index contributed by atoms with van der Waals surface area (Å²) >= 11 is 0. The van der Waals surface area contributed by atoms with Crippen LogP contribution < -0.4 is 15.4 Å². The number of fused-ring (bicyclic) bond motifs is 1. The Kier molecular flexibility index (Phi) is 4.12. The molecule has 0 spiro atoms. The van der Waals surface area contributed by atoms with Crippen LogP contribution in [-0.4, -0.2) is 43.6 Å². The van der Waals surface area contributed by atoms with Crippen LogP contribution >= 0.6 is 0 Å². The van der Waals surface area contributed by atoms with Crippen molar-refractivity contribution in [3.63, 3.8) is 0 Å². The van der Waals surface area contributed by atoms with Crippen LogP contribution in [0.1, 0.15) is 31.4 Å². The van der Waals surface area contributed by atoms with E-state index in [1.807, 2.05) is 25.1 Å². The van der Waals surface area contributed by atoms with Crippen LogP contribution in [0.15, 0.2) is 18.2 Å². The standard InChI is InChI=1S/C16H23N3O2/c1-3-17-15-13-5-4-12(10-14(13)18-16(15)20)21-11-6-8-19(2)9-7-11/h4-5,10-11,15,17H,3,6-9H2,1-2H3,(H,18,20). The van der Waals surface area contributed by atoms with Crippen LogP contribution in [0.3, 0.4) is 0 Å². The Morgan fingerprint density at radius 1 is 1.38 bits per heavy atom. The van der Waals surface area contributed by atoms with Crippen molar-refractivity contribution < 1.29 is 9.53 Å². The van der Waals surface area contributed by atoms with E-state index in [0.717, 1.165) is 49.5 Å². The molecule has 1 aromatic rings. The fourth-order valence-electron chi connectivity index (χ4n) is 3.02. The van der Waals surface area contributed by atoms with Crippen LogP contribution in [0.2, 0.25) is 0 Å². The first-order valence-corrected chi connectivity index (χ1v) is 7.70. The zero-order valence-corrected chi connectivity index (χ0v) is 12.7. The maximum atomic E-state index is 11.9. The summed E-state index contributed by atoms with van der Waals surface area (Å²) in [4.78, 5) is 14.3. The van der Waals surface area contributed by atoms with Crippen molar-refractivity contribution in [1.29, 1.82) is 0 Å². The van der Waals surface area contributed by atoms with Gasteiger partial charge in [0.25, 0.3) is 0 Å². The van der Waals surface area contributed by atoms with Gasteiger partial charge in [0.15, 0.2) is 0 Å². The lowest BCUT2D eigenvalue weighted by Gasteiger charge is -2.29. The Balaban J connectivity index is 1.69. The van der Waals surface area contributed by atoms with Gasteiger partial charge in [-0.1, -0.05) is 13.0 Å². The second-order valence-corrected chi connectivity index (χ2v) is 5.85. The normalized spacial score (nSPS) is 23.0. The molecule has 114 valence electrons. The maximum Gasteiger partial charge on any atom is 0.246 e. The Morgan fingerprint density at radius 3 is 2.86 bits per heavy atom. The molecular formula is C16H23N3O2. The molecule has 0 aliphatic carbocycles. The monoisotopic (exact) mass is 289 g/mol. The molecule has 2 N–H and O–H groups in total. The summed E-state index contributed by atoms with van der Waals surface area (Å²) in [5.74, 6) is 0.865. The zero-order valence-electron chi connectivity index (χ0n) is 12.7. The summed E-state index contributed by atoms with van der Waals surface area (Å²) in [6.07, 6.45) is 2.39. The SMILES string of the molecule is CCNC1C(=O)Nc2cc(OC3CCN(C)CC3)ccc21. The number of amides is 1. The molecule has 3 rings (SSSR count). The Labute approximate surface area is 125 Å². The molecule has 1 aromatic carbocycles. The summed E-state index contributed by atoms with van der Waals surface area (Å²) in [5, 5.41) is 6.13. The van der Waals surface area contributed by atoms with Gasteiger partial charge in [-0.3, -0.25) is 4.79 Å². The Morgan fingerprint density at radius 2 is 2.14 bits per heavy atom. The first kappa shape index (κ1) is 14.4. The van der Waals surface area contributed by atoms with Gasteiger partial charge in [-0.25, -0.2) is 0 Å². The number of anilines is 1. The van der Waals surface area contributed by atoms with Crippen molar-refractivity contribution in [2.75, 3.05) is 32.0 Å². The molecule has 0 radical (unpaired) electrons. The van der Waals surface area contributed by atoms with Crippen molar-refractivity contribution >= 4 is 11.6 Å². The summed E-state index contributed by atoms with van der Waals surface area (Å²) < 4.78 is 6.06. The molecule has 1 amide bonds. The van der Waals surface area contributed by atoms with E-state index in [4.69, 9.17) is 4.74 Å². The quantitative estimate of drug-likeness (QED) is 0.887. The van der Waals surface area contributed by atoms with E-state index in [2.05, 4.69) is 22.6 Å². The number of rotatable bonds is 4. The second-order valence-electron chi connectivity index (χ2n) is 5.85. The summed E-state index contributed by atoms with van der Waals surface area (Å²) in [5.41, 5.74) is 1.88. The van der Waals surface area contributed by atoms with Gasteiger partial charge in [0.2, 0.25) is 5.91 Å². The smallest absolute Gasteiger partial charge is 0.246 e. The molecule has 1 atom stereocenters. The third-order valence-corrected chi connectivity index (χ3v) is 4.23. The van der Waals surface area contributed by atoms with E-state index < -0.39 is 0 Å². The van der Waals surface area contributed by atoms with E-state index in [-0.39, 0.29) is 18.1 Å². The van der Waals surface area contributed by atoms with Gasteiger partial charge >= 0.3 is 0 Å². The highest BCUT2D eigenvalue weighted by atomic mass is 16.5. The molecule has 0 saturated carbocycles. The summed E-state index contributed by atoms with van der Waals surface area (Å²) in [7, 11) is 2.14. The van der Waals surface area contributed by atoms with Gasteiger partial charge in [0, 0.05) is 30.4 Å². The lowest BCUT2D eigenvalue weighted by atomic mass is 10.1. The molecule has 1 saturated heterocycles. The number of carbonyl (C=O) groups excluding carboxylic acids is 1. The third-order valence-electron chi connectivity index (χ3n) is 4.23. The molecule has 0 bridgehead atoms. The minimum atomic E-state index is -0.234. The first-order valence-electron chi connectivity index (χ1n) is 7.70. The van der Waals surface area contributed by atoms with E-state index >= 15 is 0 Å². The number of likely N-dealkylation sites (N-methyl/N-ethyl adjacent to an activating group) is 1. The highest BCUT2D eigenvalue weighted by molar-refractivity contribution is 6.02. The van der Waals surface area contributed by atoms with Gasteiger partial charge < -0.3 is 20.3 Å². The average Bonchev–Trinajstić information content (AvgIpc) is 2.78. The molecule has 1 unspecified atom stereocenters. The highest BCUT2D eigenvalue weighted by Crippen LogP contribution is 2.34. The number of hydrogen-bond acceptors (Lipinski definition) is 4. The van der Waals surface area contributed by atoms with Crippen molar-refractivity contribution in [3.05, 3.63) is 23.8 Å². The van der Waals surface area contributed by atoms with Crippen molar-refractivity contribution in [2.24, 2.45) is 0 Å². The third kappa shape index (κ3) is 3.04. The van der Waals surface area contributed by atoms with Crippen LogP contribution in [0, 0.1) is 0 Å². The predicted molar refractivity (Wildman–Crippen MR) is 82.6 cm³/mol. The zero-order chi connectivity index (χ0) is 14.8. The molecule has 2 aliphatic rings. The van der Waals surface area contributed by atoms with Crippen LogP contribution in [0.5, 0.6) is 5.75 Å². The molecule has 21 heavy (non-hydrogen) atoms. The minimum Gasteiger partial charge on any atom is -0.490 e. The van der Waals surface area contributed by atoms with E-state index in [9.17, 15) is 4.79 Å². The Bertz CT molecular complexity index is 524. The number of nitrogens with zero attached hydrogens (tertiary/aromatic N) is 1. The molecule has 1 fully saturated rings. The van der Waals surface area contributed by atoms with Crippen LogP contribution in [0.4, 0.5) is 5.69 Å².